The predicted octanol–water partition coefficient (Wildman–Crippen LogP) is 3.80. The number of aryl methyl sites for hydroxylation is 1. The van der Waals surface area contributed by atoms with Crippen LogP contribution in [-0.2, 0) is 17.6 Å². The Kier molecular flexibility index (Phi) is 6.59. The summed E-state index contributed by atoms with van der Waals surface area (Å²) in [5, 5.41) is 6.88. The molecule has 27 heavy (non-hydrogen) atoms. The number of halogens is 1. The summed E-state index contributed by atoms with van der Waals surface area (Å²) in [6, 6.07) is 15.5. The van der Waals surface area contributed by atoms with Crippen LogP contribution in [0.1, 0.15) is 17.9 Å². The van der Waals surface area contributed by atoms with Gasteiger partial charge in [-0.1, -0.05) is 33.2 Å². The average molecular weight is 430 g/mol. The average Bonchev–Trinajstić information content (AvgIpc) is 3.16. The van der Waals surface area contributed by atoms with Crippen molar-refractivity contribution < 1.29 is 14.1 Å². The van der Waals surface area contributed by atoms with Crippen LogP contribution in [0.25, 0.3) is 11.4 Å². The zero-order valence-corrected chi connectivity index (χ0v) is 16.5. The maximum absolute atomic E-state index is 12.0. The minimum absolute atomic E-state index is 0.0353. The van der Waals surface area contributed by atoms with Crippen molar-refractivity contribution in [2.45, 2.75) is 19.3 Å². The molecule has 1 amide bonds. The van der Waals surface area contributed by atoms with Gasteiger partial charge in [0.2, 0.25) is 17.6 Å². The number of hydrogen-bond donors (Lipinski definition) is 1. The van der Waals surface area contributed by atoms with E-state index in [4.69, 9.17) is 9.26 Å². The van der Waals surface area contributed by atoms with E-state index < -0.39 is 0 Å². The molecule has 0 aliphatic heterocycles. The molecule has 1 aromatic heterocycles. The maximum Gasteiger partial charge on any atom is 0.227 e. The molecule has 140 valence electrons. The third kappa shape index (κ3) is 5.65. The van der Waals surface area contributed by atoms with Crippen LogP contribution < -0.4 is 10.1 Å². The second-order valence-corrected chi connectivity index (χ2v) is 6.88. The molecular formula is C20H20BrN3O3. The second kappa shape index (κ2) is 9.32. The number of hydrogen-bond acceptors (Lipinski definition) is 5. The second-order valence-electron chi connectivity index (χ2n) is 5.97. The third-order valence-electron chi connectivity index (χ3n) is 4.03. The Hall–Kier alpha value is -2.67. The van der Waals surface area contributed by atoms with Gasteiger partial charge in [0.15, 0.2) is 0 Å². The lowest BCUT2D eigenvalue weighted by Crippen LogP contribution is -2.25. The first-order valence-electron chi connectivity index (χ1n) is 8.62. The third-order valence-corrected chi connectivity index (χ3v) is 4.56. The van der Waals surface area contributed by atoms with Crippen molar-refractivity contribution in [1.29, 1.82) is 0 Å². The minimum Gasteiger partial charge on any atom is -0.497 e. The molecule has 0 radical (unpaired) electrons. The SMILES string of the molecule is COc1ccc(CCNC(=O)CCc2nc(-c3ccc(Br)cc3)no2)cc1. The zero-order chi connectivity index (χ0) is 19.1. The van der Waals surface area contributed by atoms with Crippen molar-refractivity contribution in [2.75, 3.05) is 13.7 Å². The number of carbonyl (C=O) groups excluding carboxylic acids is 1. The Morgan fingerprint density at radius 2 is 1.85 bits per heavy atom. The van der Waals surface area contributed by atoms with Crippen molar-refractivity contribution in [3.05, 3.63) is 64.5 Å². The molecule has 0 atom stereocenters. The van der Waals surface area contributed by atoms with Crippen LogP contribution in [0.2, 0.25) is 0 Å². The number of nitrogens with zero attached hydrogens (tertiary/aromatic N) is 2. The van der Waals surface area contributed by atoms with E-state index in [1.807, 2.05) is 48.5 Å². The Morgan fingerprint density at radius 1 is 1.11 bits per heavy atom. The highest BCUT2D eigenvalue weighted by Crippen LogP contribution is 2.19. The molecule has 7 heteroatoms. The highest BCUT2D eigenvalue weighted by molar-refractivity contribution is 9.10. The summed E-state index contributed by atoms with van der Waals surface area (Å²) in [5.41, 5.74) is 2.02. The van der Waals surface area contributed by atoms with E-state index in [1.165, 1.54) is 0 Å². The number of nitrogens with one attached hydrogen (secondary N) is 1. The summed E-state index contributed by atoms with van der Waals surface area (Å²) in [6.45, 7) is 0.582. The molecule has 0 spiro atoms. The van der Waals surface area contributed by atoms with E-state index in [0.29, 0.717) is 31.1 Å². The van der Waals surface area contributed by atoms with Crippen molar-refractivity contribution in [1.82, 2.24) is 15.5 Å². The van der Waals surface area contributed by atoms with E-state index in [9.17, 15) is 4.79 Å². The molecule has 0 unspecified atom stereocenters. The van der Waals surface area contributed by atoms with Gasteiger partial charge in [-0.05, 0) is 48.4 Å². The molecule has 6 nitrogen and oxygen atoms in total. The standard InChI is InChI=1S/C20H20BrN3O3/c1-26-17-8-2-14(3-9-17)12-13-22-18(25)10-11-19-23-20(24-27-19)15-4-6-16(21)7-5-15/h2-9H,10-13H2,1H3,(H,22,25). The van der Waals surface area contributed by atoms with Crippen LogP contribution in [0.15, 0.2) is 57.5 Å². The quantitative estimate of drug-likeness (QED) is 0.589. The first kappa shape index (κ1) is 19.1. The van der Waals surface area contributed by atoms with Gasteiger partial charge in [0, 0.05) is 29.4 Å². The fourth-order valence-corrected chi connectivity index (χ4v) is 2.78. The van der Waals surface area contributed by atoms with Gasteiger partial charge in [-0.15, -0.1) is 0 Å². The molecular weight excluding hydrogens is 410 g/mol. The first-order valence-corrected chi connectivity index (χ1v) is 9.41. The summed E-state index contributed by atoms with van der Waals surface area (Å²) in [6.07, 6.45) is 1.49. The van der Waals surface area contributed by atoms with Crippen molar-refractivity contribution in [3.63, 3.8) is 0 Å². The van der Waals surface area contributed by atoms with Gasteiger partial charge in [-0.25, -0.2) is 0 Å². The molecule has 1 N–H and O–H groups in total. The van der Waals surface area contributed by atoms with Crippen molar-refractivity contribution >= 4 is 21.8 Å². The Bertz CT molecular complexity index is 876. The number of benzene rings is 2. The number of ether oxygens (including phenoxy) is 1. The Balaban J connectivity index is 1.42. The topological polar surface area (TPSA) is 77.2 Å². The normalized spacial score (nSPS) is 10.6. The van der Waals surface area contributed by atoms with Crippen LogP contribution in [0.3, 0.4) is 0 Å². The van der Waals surface area contributed by atoms with Crippen molar-refractivity contribution in [2.24, 2.45) is 0 Å². The Labute approximate surface area is 166 Å². The number of carbonyl (C=O) groups is 1. The van der Waals surface area contributed by atoms with Gasteiger partial charge in [-0.2, -0.15) is 4.98 Å². The summed E-state index contributed by atoms with van der Waals surface area (Å²) < 4.78 is 11.3. The van der Waals surface area contributed by atoms with E-state index in [0.717, 1.165) is 27.8 Å². The maximum atomic E-state index is 12.0. The lowest BCUT2D eigenvalue weighted by Gasteiger charge is -2.05. The van der Waals surface area contributed by atoms with E-state index in [-0.39, 0.29) is 5.91 Å². The number of aromatic nitrogens is 2. The summed E-state index contributed by atoms with van der Waals surface area (Å²) in [5.74, 6) is 1.77. The van der Waals surface area contributed by atoms with Crippen LogP contribution in [-0.4, -0.2) is 29.7 Å². The smallest absolute Gasteiger partial charge is 0.227 e. The molecule has 0 aliphatic rings. The van der Waals surface area contributed by atoms with Gasteiger partial charge in [0.25, 0.3) is 0 Å². The Morgan fingerprint density at radius 3 is 2.56 bits per heavy atom. The van der Waals surface area contributed by atoms with E-state index in [2.05, 4.69) is 31.4 Å². The molecule has 0 aliphatic carbocycles. The largest absolute Gasteiger partial charge is 0.497 e. The monoisotopic (exact) mass is 429 g/mol. The lowest BCUT2D eigenvalue weighted by atomic mass is 10.1. The van der Waals surface area contributed by atoms with Crippen molar-refractivity contribution in [3.8, 4) is 17.1 Å². The molecule has 1 heterocycles. The predicted molar refractivity (Wildman–Crippen MR) is 105 cm³/mol. The van der Waals surface area contributed by atoms with E-state index in [1.54, 1.807) is 7.11 Å². The number of rotatable bonds is 8. The summed E-state index contributed by atoms with van der Waals surface area (Å²) >= 11 is 3.39. The van der Waals surface area contributed by atoms with Crippen LogP contribution in [0.4, 0.5) is 0 Å². The fourth-order valence-electron chi connectivity index (χ4n) is 2.52. The number of methoxy groups -OCH3 is 1. The highest BCUT2D eigenvalue weighted by atomic mass is 79.9. The summed E-state index contributed by atoms with van der Waals surface area (Å²) in [4.78, 5) is 16.3. The van der Waals surface area contributed by atoms with Crippen LogP contribution >= 0.6 is 15.9 Å². The molecule has 0 saturated carbocycles. The van der Waals surface area contributed by atoms with Crippen LogP contribution in [0.5, 0.6) is 5.75 Å². The van der Waals surface area contributed by atoms with E-state index >= 15 is 0 Å². The van der Waals surface area contributed by atoms with Gasteiger partial charge >= 0.3 is 0 Å². The number of amides is 1. The van der Waals surface area contributed by atoms with Gasteiger partial charge in [-0.3, -0.25) is 4.79 Å². The van der Waals surface area contributed by atoms with Crippen LogP contribution in [0, 0.1) is 0 Å². The molecule has 0 fully saturated rings. The van der Waals surface area contributed by atoms with Gasteiger partial charge in [0.05, 0.1) is 7.11 Å². The molecule has 2 aromatic carbocycles. The molecule has 3 rings (SSSR count). The van der Waals surface area contributed by atoms with Gasteiger partial charge < -0.3 is 14.6 Å². The molecule has 0 bridgehead atoms. The molecule has 0 saturated heterocycles. The van der Waals surface area contributed by atoms with Gasteiger partial charge in [0.1, 0.15) is 5.75 Å². The fraction of sp³-hybridized carbons (Fsp3) is 0.250. The summed E-state index contributed by atoms with van der Waals surface area (Å²) in [7, 11) is 1.64. The first-order chi connectivity index (χ1) is 13.1. The zero-order valence-electron chi connectivity index (χ0n) is 14.9. The lowest BCUT2D eigenvalue weighted by molar-refractivity contribution is -0.121. The minimum atomic E-state index is -0.0353. The highest BCUT2D eigenvalue weighted by Gasteiger charge is 2.10. The molecule has 3 aromatic rings.